The van der Waals surface area contributed by atoms with Crippen molar-refractivity contribution in [2.45, 2.75) is 45.4 Å². The maximum absolute atomic E-state index is 13.0. The molecular formula is C24H28N2O5. The lowest BCUT2D eigenvalue weighted by Gasteiger charge is -2.36. The molecule has 0 unspecified atom stereocenters. The molecule has 1 aliphatic rings. The minimum atomic E-state index is -0.918. The van der Waals surface area contributed by atoms with Crippen LogP contribution in [0.3, 0.4) is 0 Å². The molecule has 164 valence electrons. The molecule has 3 rings (SSSR count). The van der Waals surface area contributed by atoms with Crippen LogP contribution in [0.5, 0.6) is 5.75 Å². The number of ether oxygens (including phenoxy) is 2. The molecule has 0 bridgehead atoms. The standard InChI is InChI=1S/C24H28N2O5/c1-3-18-9-11-20(12-10-18)31-17(2)24(29)26-14-13-25-23(28)21(26)15-22(27)30-16-19-7-5-4-6-8-19/h4-12,17,21H,3,13-16H2,1-2H3,(H,25,28)/t17-,21+/m1/s1. The quantitative estimate of drug-likeness (QED) is 0.658. The molecule has 7 heteroatoms. The van der Waals surface area contributed by atoms with Crippen molar-refractivity contribution in [1.29, 1.82) is 0 Å². The van der Waals surface area contributed by atoms with Gasteiger partial charge in [0.05, 0.1) is 6.42 Å². The van der Waals surface area contributed by atoms with Crippen molar-refractivity contribution in [2.24, 2.45) is 0 Å². The van der Waals surface area contributed by atoms with Gasteiger partial charge in [0.2, 0.25) is 5.91 Å². The first-order valence-corrected chi connectivity index (χ1v) is 10.5. The molecule has 1 N–H and O–H groups in total. The van der Waals surface area contributed by atoms with E-state index in [1.807, 2.05) is 54.6 Å². The van der Waals surface area contributed by atoms with Gasteiger partial charge in [-0.25, -0.2) is 0 Å². The van der Waals surface area contributed by atoms with E-state index in [1.54, 1.807) is 6.92 Å². The lowest BCUT2D eigenvalue weighted by atomic mass is 10.1. The lowest BCUT2D eigenvalue weighted by Crippen LogP contribution is -2.60. The molecule has 2 aromatic rings. The van der Waals surface area contributed by atoms with E-state index in [2.05, 4.69) is 12.2 Å². The monoisotopic (exact) mass is 424 g/mol. The Morgan fingerprint density at radius 3 is 2.48 bits per heavy atom. The number of benzene rings is 2. The highest BCUT2D eigenvalue weighted by Gasteiger charge is 2.37. The van der Waals surface area contributed by atoms with E-state index < -0.39 is 18.1 Å². The van der Waals surface area contributed by atoms with Gasteiger partial charge in [-0.15, -0.1) is 0 Å². The van der Waals surface area contributed by atoms with Crippen LogP contribution in [-0.4, -0.2) is 47.9 Å². The highest BCUT2D eigenvalue weighted by molar-refractivity contribution is 5.93. The zero-order valence-corrected chi connectivity index (χ0v) is 17.9. The molecular weight excluding hydrogens is 396 g/mol. The fraction of sp³-hybridized carbons (Fsp3) is 0.375. The Balaban J connectivity index is 1.60. The third-order valence-corrected chi connectivity index (χ3v) is 5.21. The largest absolute Gasteiger partial charge is 0.481 e. The Labute approximate surface area is 182 Å². The molecule has 2 aromatic carbocycles. The fourth-order valence-corrected chi connectivity index (χ4v) is 3.43. The topological polar surface area (TPSA) is 84.9 Å². The SMILES string of the molecule is CCc1ccc(O[C@H](C)C(=O)N2CCNC(=O)[C@@H]2CC(=O)OCc2ccccc2)cc1. The molecule has 0 saturated carbocycles. The third-order valence-electron chi connectivity index (χ3n) is 5.21. The van der Waals surface area contributed by atoms with E-state index in [1.165, 1.54) is 10.5 Å². The van der Waals surface area contributed by atoms with Gasteiger partial charge in [0.25, 0.3) is 5.91 Å². The molecule has 1 saturated heterocycles. The van der Waals surface area contributed by atoms with Crippen LogP contribution in [-0.2, 0) is 32.1 Å². The van der Waals surface area contributed by atoms with Crippen LogP contribution >= 0.6 is 0 Å². The minimum absolute atomic E-state index is 0.120. The van der Waals surface area contributed by atoms with Crippen LogP contribution in [0.4, 0.5) is 0 Å². The summed E-state index contributed by atoms with van der Waals surface area (Å²) >= 11 is 0. The number of rotatable bonds is 8. The highest BCUT2D eigenvalue weighted by Crippen LogP contribution is 2.18. The number of hydrogen-bond acceptors (Lipinski definition) is 5. The van der Waals surface area contributed by atoms with Crippen LogP contribution in [0.2, 0.25) is 0 Å². The number of hydrogen-bond donors (Lipinski definition) is 1. The molecule has 31 heavy (non-hydrogen) atoms. The zero-order valence-electron chi connectivity index (χ0n) is 17.9. The van der Waals surface area contributed by atoms with Gasteiger partial charge in [-0.05, 0) is 36.6 Å². The van der Waals surface area contributed by atoms with Crippen molar-refractivity contribution in [1.82, 2.24) is 10.2 Å². The summed E-state index contributed by atoms with van der Waals surface area (Å²) in [5.41, 5.74) is 2.03. The number of amides is 2. The minimum Gasteiger partial charge on any atom is -0.481 e. The predicted molar refractivity (Wildman–Crippen MR) is 115 cm³/mol. The first-order valence-electron chi connectivity index (χ1n) is 10.5. The van der Waals surface area contributed by atoms with Gasteiger partial charge < -0.3 is 19.7 Å². The number of nitrogens with one attached hydrogen (secondary N) is 1. The van der Waals surface area contributed by atoms with Gasteiger partial charge in [-0.1, -0.05) is 49.4 Å². The second-order valence-electron chi connectivity index (χ2n) is 7.45. The molecule has 1 heterocycles. The maximum Gasteiger partial charge on any atom is 0.308 e. The van der Waals surface area contributed by atoms with Gasteiger partial charge in [0.15, 0.2) is 6.10 Å². The molecule has 1 fully saturated rings. The zero-order chi connectivity index (χ0) is 22.2. The molecule has 2 atom stereocenters. The van der Waals surface area contributed by atoms with Crippen LogP contribution in [0, 0.1) is 0 Å². The Hall–Kier alpha value is -3.35. The van der Waals surface area contributed by atoms with Crippen molar-refractivity contribution in [2.75, 3.05) is 13.1 Å². The second kappa shape index (κ2) is 10.6. The first-order chi connectivity index (χ1) is 15.0. The summed E-state index contributed by atoms with van der Waals surface area (Å²) in [5, 5.41) is 2.72. The van der Waals surface area contributed by atoms with Crippen molar-refractivity contribution in [3.63, 3.8) is 0 Å². The average Bonchev–Trinajstić information content (AvgIpc) is 2.79. The number of nitrogens with zero attached hydrogens (tertiary/aromatic N) is 1. The van der Waals surface area contributed by atoms with Crippen LogP contribution in [0.15, 0.2) is 54.6 Å². The summed E-state index contributed by atoms with van der Waals surface area (Å²) in [7, 11) is 0. The van der Waals surface area contributed by atoms with Gasteiger partial charge in [0, 0.05) is 13.1 Å². The Kier molecular flexibility index (Phi) is 7.65. The maximum atomic E-state index is 13.0. The normalized spacial score (nSPS) is 16.9. The van der Waals surface area contributed by atoms with E-state index in [4.69, 9.17) is 9.47 Å². The number of carbonyl (C=O) groups is 3. The number of aryl methyl sites for hydroxylation is 1. The third kappa shape index (κ3) is 6.07. The van der Waals surface area contributed by atoms with Crippen LogP contribution in [0.25, 0.3) is 0 Å². The summed E-state index contributed by atoms with van der Waals surface area (Å²) in [6.45, 7) is 4.47. The van der Waals surface area contributed by atoms with E-state index in [9.17, 15) is 14.4 Å². The average molecular weight is 424 g/mol. The van der Waals surface area contributed by atoms with E-state index >= 15 is 0 Å². The summed E-state index contributed by atoms with van der Waals surface area (Å²) in [6, 6.07) is 15.9. The van der Waals surface area contributed by atoms with Gasteiger partial charge in [0.1, 0.15) is 18.4 Å². The Morgan fingerprint density at radius 1 is 1.10 bits per heavy atom. The molecule has 0 radical (unpaired) electrons. The van der Waals surface area contributed by atoms with Crippen molar-refractivity contribution in [3.8, 4) is 5.75 Å². The van der Waals surface area contributed by atoms with Crippen molar-refractivity contribution >= 4 is 17.8 Å². The molecule has 2 amide bonds. The summed E-state index contributed by atoms with van der Waals surface area (Å²) in [5.74, 6) is -0.656. The number of piperazine rings is 1. The Morgan fingerprint density at radius 2 is 1.81 bits per heavy atom. The first kappa shape index (κ1) is 22.3. The summed E-state index contributed by atoms with van der Waals surface area (Å²) in [4.78, 5) is 39.2. The van der Waals surface area contributed by atoms with E-state index in [-0.39, 0.29) is 24.8 Å². The van der Waals surface area contributed by atoms with E-state index in [0.717, 1.165) is 12.0 Å². The van der Waals surface area contributed by atoms with Gasteiger partial charge in [-0.3, -0.25) is 14.4 Å². The van der Waals surface area contributed by atoms with Crippen molar-refractivity contribution in [3.05, 3.63) is 65.7 Å². The Bertz CT molecular complexity index is 898. The highest BCUT2D eigenvalue weighted by atomic mass is 16.5. The molecule has 0 spiro atoms. The van der Waals surface area contributed by atoms with Crippen LogP contribution < -0.4 is 10.1 Å². The lowest BCUT2D eigenvalue weighted by molar-refractivity contribution is -0.154. The van der Waals surface area contributed by atoms with Gasteiger partial charge in [-0.2, -0.15) is 0 Å². The summed E-state index contributed by atoms with van der Waals surface area (Å²) < 4.78 is 11.1. The second-order valence-corrected chi connectivity index (χ2v) is 7.45. The number of carbonyl (C=O) groups excluding carboxylic acids is 3. The van der Waals surface area contributed by atoms with Gasteiger partial charge >= 0.3 is 5.97 Å². The number of esters is 1. The smallest absolute Gasteiger partial charge is 0.308 e. The molecule has 1 aliphatic heterocycles. The predicted octanol–water partition coefficient (Wildman–Crippen LogP) is 2.48. The fourth-order valence-electron chi connectivity index (χ4n) is 3.43. The molecule has 0 aliphatic carbocycles. The van der Waals surface area contributed by atoms with E-state index in [0.29, 0.717) is 18.8 Å². The summed E-state index contributed by atoms with van der Waals surface area (Å²) in [6.07, 6.45) is -0.0802. The van der Waals surface area contributed by atoms with Crippen LogP contribution in [0.1, 0.15) is 31.4 Å². The van der Waals surface area contributed by atoms with Crippen molar-refractivity contribution < 1.29 is 23.9 Å². The molecule has 7 nitrogen and oxygen atoms in total. The molecule has 0 aromatic heterocycles.